The summed E-state index contributed by atoms with van der Waals surface area (Å²) in [5.74, 6) is 0.531. The molecule has 1 heterocycles. The number of hydrogen-bond acceptors (Lipinski definition) is 3. The van der Waals surface area contributed by atoms with E-state index in [9.17, 15) is 4.79 Å². The van der Waals surface area contributed by atoms with E-state index >= 15 is 0 Å². The van der Waals surface area contributed by atoms with E-state index in [-0.39, 0.29) is 12.0 Å². The summed E-state index contributed by atoms with van der Waals surface area (Å²) in [5.41, 5.74) is 6.97. The van der Waals surface area contributed by atoms with Crippen molar-refractivity contribution in [1.82, 2.24) is 4.90 Å². The van der Waals surface area contributed by atoms with Crippen molar-refractivity contribution >= 4 is 11.6 Å². The summed E-state index contributed by atoms with van der Waals surface area (Å²) in [6, 6.07) is 7.22. The van der Waals surface area contributed by atoms with Crippen molar-refractivity contribution in [2.45, 2.75) is 26.4 Å². The van der Waals surface area contributed by atoms with Crippen molar-refractivity contribution in [3.8, 4) is 0 Å². The Morgan fingerprint density at radius 2 is 2.21 bits per heavy atom. The van der Waals surface area contributed by atoms with Gasteiger partial charge in [-0.15, -0.1) is 0 Å². The maximum absolute atomic E-state index is 12.3. The van der Waals surface area contributed by atoms with E-state index in [1.54, 1.807) is 12.1 Å². The number of para-hydroxylation sites is 1. The highest BCUT2D eigenvalue weighted by atomic mass is 16.5. The Labute approximate surface area is 114 Å². The van der Waals surface area contributed by atoms with Crippen molar-refractivity contribution in [2.24, 2.45) is 5.92 Å². The third-order valence-electron chi connectivity index (χ3n) is 3.29. The van der Waals surface area contributed by atoms with Gasteiger partial charge in [0.25, 0.3) is 5.91 Å². The maximum Gasteiger partial charge on any atom is 0.256 e. The fraction of sp³-hybridized carbons (Fsp3) is 0.533. The van der Waals surface area contributed by atoms with Crippen LogP contribution in [0.5, 0.6) is 0 Å². The van der Waals surface area contributed by atoms with Gasteiger partial charge in [-0.2, -0.15) is 0 Å². The number of nitrogens with two attached hydrogens (primary N) is 1. The number of nitrogen functional groups attached to an aromatic ring is 1. The predicted molar refractivity (Wildman–Crippen MR) is 76.0 cm³/mol. The maximum atomic E-state index is 12.3. The largest absolute Gasteiger partial charge is 0.398 e. The molecule has 0 bridgehead atoms. The van der Waals surface area contributed by atoms with E-state index in [1.165, 1.54) is 0 Å². The second-order valence-electron chi connectivity index (χ2n) is 5.48. The van der Waals surface area contributed by atoms with Gasteiger partial charge in [-0.1, -0.05) is 26.0 Å². The number of benzene rings is 1. The molecule has 0 saturated carbocycles. The smallest absolute Gasteiger partial charge is 0.256 e. The number of amides is 1. The average Bonchev–Trinajstić information content (AvgIpc) is 2.85. The van der Waals surface area contributed by atoms with E-state index in [0.717, 1.165) is 19.6 Å². The van der Waals surface area contributed by atoms with Crippen molar-refractivity contribution < 1.29 is 9.53 Å². The summed E-state index contributed by atoms with van der Waals surface area (Å²) in [6.07, 6.45) is 1.07. The van der Waals surface area contributed by atoms with E-state index < -0.39 is 0 Å². The second kappa shape index (κ2) is 6.06. The van der Waals surface area contributed by atoms with E-state index in [0.29, 0.717) is 23.7 Å². The van der Waals surface area contributed by atoms with Crippen LogP contribution >= 0.6 is 0 Å². The molecule has 1 aromatic rings. The standard InChI is InChI=1S/C15H22N2O2/c1-11(2)10-19-12-7-8-17(9-12)15(18)13-5-3-4-6-14(13)16/h3-6,11-12H,7-10,16H2,1-2H3. The molecular weight excluding hydrogens is 240 g/mol. The molecule has 1 saturated heterocycles. The number of hydrogen-bond donors (Lipinski definition) is 1. The fourth-order valence-electron chi connectivity index (χ4n) is 2.24. The number of likely N-dealkylation sites (tertiary alicyclic amines) is 1. The van der Waals surface area contributed by atoms with Gasteiger partial charge >= 0.3 is 0 Å². The molecule has 104 valence electrons. The van der Waals surface area contributed by atoms with Crippen LogP contribution < -0.4 is 5.73 Å². The Morgan fingerprint density at radius 3 is 2.89 bits per heavy atom. The molecule has 4 heteroatoms. The third kappa shape index (κ3) is 3.47. The third-order valence-corrected chi connectivity index (χ3v) is 3.29. The Morgan fingerprint density at radius 1 is 1.47 bits per heavy atom. The van der Waals surface area contributed by atoms with Crippen LogP contribution in [0.3, 0.4) is 0 Å². The number of anilines is 1. The number of ether oxygens (including phenoxy) is 1. The molecule has 2 rings (SSSR count). The average molecular weight is 262 g/mol. The molecule has 0 aliphatic carbocycles. The topological polar surface area (TPSA) is 55.6 Å². The fourth-order valence-corrected chi connectivity index (χ4v) is 2.24. The zero-order chi connectivity index (χ0) is 13.8. The van der Waals surface area contributed by atoms with Crippen molar-refractivity contribution in [1.29, 1.82) is 0 Å². The Hall–Kier alpha value is -1.55. The summed E-state index contributed by atoms with van der Waals surface area (Å²) in [6.45, 7) is 6.42. The van der Waals surface area contributed by atoms with Crippen LogP contribution in [0.25, 0.3) is 0 Å². The lowest BCUT2D eigenvalue weighted by atomic mass is 10.1. The van der Waals surface area contributed by atoms with E-state index in [1.807, 2.05) is 17.0 Å². The normalized spacial score (nSPS) is 19.1. The van der Waals surface area contributed by atoms with Crippen LogP contribution in [-0.2, 0) is 4.74 Å². The van der Waals surface area contributed by atoms with E-state index in [2.05, 4.69) is 13.8 Å². The minimum atomic E-state index is 0.00810. The zero-order valence-corrected chi connectivity index (χ0v) is 11.6. The van der Waals surface area contributed by atoms with Gasteiger partial charge in [-0.25, -0.2) is 0 Å². The van der Waals surface area contributed by atoms with Gasteiger partial charge < -0.3 is 15.4 Å². The minimum absolute atomic E-state index is 0.00810. The number of carbonyl (C=O) groups is 1. The minimum Gasteiger partial charge on any atom is -0.398 e. The molecule has 2 N–H and O–H groups in total. The van der Waals surface area contributed by atoms with Crippen LogP contribution in [0.4, 0.5) is 5.69 Å². The van der Waals surface area contributed by atoms with Gasteiger partial charge in [0.15, 0.2) is 0 Å². The van der Waals surface area contributed by atoms with Gasteiger partial charge in [0, 0.05) is 25.4 Å². The predicted octanol–water partition coefficient (Wildman–Crippen LogP) is 2.16. The first-order valence-corrected chi connectivity index (χ1v) is 6.83. The highest BCUT2D eigenvalue weighted by molar-refractivity contribution is 5.99. The van der Waals surface area contributed by atoms with Crippen LogP contribution in [-0.4, -0.2) is 36.6 Å². The van der Waals surface area contributed by atoms with Crippen molar-refractivity contribution in [3.63, 3.8) is 0 Å². The molecule has 19 heavy (non-hydrogen) atoms. The van der Waals surface area contributed by atoms with Gasteiger partial charge in [-0.05, 0) is 24.5 Å². The first kappa shape index (κ1) is 13.9. The molecule has 1 fully saturated rings. The molecule has 0 spiro atoms. The Balaban J connectivity index is 1.94. The molecule has 1 aliphatic rings. The lowest BCUT2D eigenvalue weighted by Crippen LogP contribution is -2.31. The van der Waals surface area contributed by atoms with Crippen molar-refractivity contribution in [3.05, 3.63) is 29.8 Å². The SMILES string of the molecule is CC(C)COC1CCN(C(=O)c2ccccc2N)C1. The highest BCUT2D eigenvalue weighted by Crippen LogP contribution is 2.19. The summed E-state index contributed by atoms with van der Waals surface area (Å²) in [7, 11) is 0. The van der Waals surface area contributed by atoms with Crippen LogP contribution in [0, 0.1) is 5.92 Å². The second-order valence-corrected chi connectivity index (χ2v) is 5.48. The van der Waals surface area contributed by atoms with Gasteiger partial charge in [-0.3, -0.25) is 4.79 Å². The monoisotopic (exact) mass is 262 g/mol. The summed E-state index contributed by atoms with van der Waals surface area (Å²) in [5, 5.41) is 0. The van der Waals surface area contributed by atoms with Crippen LogP contribution in [0.2, 0.25) is 0 Å². The number of rotatable bonds is 4. The summed E-state index contributed by atoms with van der Waals surface area (Å²) < 4.78 is 5.79. The molecule has 0 radical (unpaired) electrons. The lowest BCUT2D eigenvalue weighted by Gasteiger charge is -2.18. The van der Waals surface area contributed by atoms with E-state index in [4.69, 9.17) is 10.5 Å². The van der Waals surface area contributed by atoms with Crippen LogP contribution in [0.15, 0.2) is 24.3 Å². The molecule has 1 amide bonds. The lowest BCUT2D eigenvalue weighted by molar-refractivity contribution is 0.0396. The quantitative estimate of drug-likeness (QED) is 0.846. The Kier molecular flexibility index (Phi) is 4.43. The molecule has 1 atom stereocenters. The van der Waals surface area contributed by atoms with Crippen LogP contribution in [0.1, 0.15) is 30.6 Å². The molecule has 1 unspecified atom stereocenters. The van der Waals surface area contributed by atoms with Gasteiger partial charge in [0.2, 0.25) is 0 Å². The first-order valence-electron chi connectivity index (χ1n) is 6.83. The number of nitrogens with zero attached hydrogens (tertiary/aromatic N) is 1. The van der Waals surface area contributed by atoms with Gasteiger partial charge in [0.05, 0.1) is 11.7 Å². The molecule has 1 aliphatic heterocycles. The number of carbonyl (C=O) groups excluding carboxylic acids is 1. The van der Waals surface area contributed by atoms with Crippen molar-refractivity contribution in [2.75, 3.05) is 25.4 Å². The molecule has 4 nitrogen and oxygen atoms in total. The molecule has 1 aromatic carbocycles. The Bertz CT molecular complexity index is 446. The first-order chi connectivity index (χ1) is 9.08. The summed E-state index contributed by atoms with van der Waals surface area (Å²) in [4.78, 5) is 14.2. The zero-order valence-electron chi connectivity index (χ0n) is 11.6. The highest BCUT2D eigenvalue weighted by Gasteiger charge is 2.28. The van der Waals surface area contributed by atoms with Gasteiger partial charge in [0.1, 0.15) is 0 Å². The molecular formula is C15H22N2O2. The summed E-state index contributed by atoms with van der Waals surface area (Å²) >= 11 is 0. The molecule has 0 aromatic heterocycles.